The lowest BCUT2D eigenvalue weighted by Gasteiger charge is -2.09. The number of benzene rings is 1. The number of nitriles is 1. The standard InChI is InChI=1S/C12H12BrNO3/c1-2-17-12(16)5-9-3-8(7-14)4-11(15)10(9)6-13/h3-4,15H,2,5-6H2,1H3. The van der Waals surface area contributed by atoms with Crippen LogP contribution in [0.2, 0.25) is 0 Å². The van der Waals surface area contributed by atoms with Gasteiger partial charge in [-0.3, -0.25) is 4.79 Å². The van der Waals surface area contributed by atoms with Crippen LogP contribution < -0.4 is 0 Å². The van der Waals surface area contributed by atoms with Crippen LogP contribution in [0.25, 0.3) is 0 Å². The molecule has 1 aromatic carbocycles. The highest BCUT2D eigenvalue weighted by Crippen LogP contribution is 2.26. The van der Waals surface area contributed by atoms with E-state index in [1.54, 1.807) is 13.0 Å². The summed E-state index contributed by atoms with van der Waals surface area (Å²) in [5, 5.41) is 18.9. The van der Waals surface area contributed by atoms with E-state index in [4.69, 9.17) is 10.00 Å². The highest BCUT2D eigenvalue weighted by Gasteiger charge is 2.13. The van der Waals surface area contributed by atoms with Gasteiger partial charge < -0.3 is 9.84 Å². The number of esters is 1. The summed E-state index contributed by atoms with van der Waals surface area (Å²) in [5.41, 5.74) is 1.54. The number of carbonyl (C=O) groups excluding carboxylic acids is 1. The molecular weight excluding hydrogens is 286 g/mol. The number of phenolic OH excluding ortho intramolecular Hbond substituents is 1. The van der Waals surface area contributed by atoms with Crippen LogP contribution in [-0.4, -0.2) is 17.7 Å². The molecule has 0 aliphatic heterocycles. The van der Waals surface area contributed by atoms with Crippen molar-refractivity contribution >= 4 is 21.9 Å². The SMILES string of the molecule is CCOC(=O)Cc1cc(C#N)cc(O)c1CBr. The second-order valence-electron chi connectivity index (χ2n) is 3.36. The van der Waals surface area contributed by atoms with E-state index < -0.39 is 0 Å². The zero-order valence-electron chi connectivity index (χ0n) is 9.36. The van der Waals surface area contributed by atoms with Gasteiger partial charge in [0.1, 0.15) is 5.75 Å². The van der Waals surface area contributed by atoms with Crippen molar-refractivity contribution < 1.29 is 14.6 Å². The van der Waals surface area contributed by atoms with Gasteiger partial charge in [0.05, 0.1) is 24.7 Å². The molecule has 0 spiro atoms. The van der Waals surface area contributed by atoms with Gasteiger partial charge >= 0.3 is 5.97 Å². The summed E-state index contributed by atoms with van der Waals surface area (Å²) < 4.78 is 4.84. The number of phenols is 1. The first-order valence-electron chi connectivity index (χ1n) is 5.08. The van der Waals surface area contributed by atoms with Crippen molar-refractivity contribution in [3.05, 3.63) is 28.8 Å². The number of halogens is 1. The molecule has 1 aromatic rings. The predicted octanol–water partition coefficient (Wildman–Crippen LogP) is 2.26. The molecule has 0 atom stereocenters. The van der Waals surface area contributed by atoms with Crippen molar-refractivity contribution in [3.8, 4) is 11.8 Å². The lowest BCUT2D eigenvalue weighted by molar-refractivity contribution is -0.142. The number of rotatable bonds is 4. The number of hydrogen-bond donors (Lipinski definition) is 1. The number of hydrogen-bond acceptors (Lipinski definition) is 4. The van der Waals surface area contributed by atoms with E-state index in [9.17, 15) is 9.90 Å². The largest absolute Gasteiger partial charge is 0.508 e. The summed E-state index contributed by atoms with van der Waals surface area (Å²) in [5.74, 6) is -0.357. The molecule has 0 aliphatic rings. The maximum Gasteiger partial charge on any atom is 0.310 e. The molecule has 0 fully saturated rings. The molecule has 1 N–H and O–H groups in total. The number of aromatic hydroxyl groups is 1. The second-order valence-corrected chi connectivity index (χ2v) is 3.92. The topological polar surface area (TPSA) is 70.3 Å². The summed E-state index contributed by atoms with van der Waals surface area (Å²) >= 11 is 3.24. The smallest absolute Gasteiger partial charge is 0.310 e. The van der Waals surface area contributed by atoms with Crippen LogP contribution in [0.5, 0.6) is 5.75 Å². The Balaban J connectivity index is 3.08. The number of nitrogens with zero attached hydrogens (tertiary/aromatic N) is 1. The number of carbonyl (C=O) groups is 1. The normalized spacial score (nSPS) is 9.71. The molecular formula is C12H12BrNO3. The molecule has 90 valence electrons. The Kier molecular flexibility index (Phi) is 4.98. The van der Waals surface area contributed by atoms with E-state index in [1.165, 1.54) is 6.07 Å². The zero-order valence-corrected chi connectivity index (χ0v) is 11.0. The van der Waals surface area contributed by atoms with Gasteiger partial charge in [-0.2, -0.15) is 5.26 Å². The molecule has 0 unspecified atom stereocenters. The van der Waals surface area contributed by atoms with Crippen molar-refractivity contribution in [3.63, 3.8) is 0 Å². The Labute approximate surface area is 108 Å². The first-order chi connectivity index (χ1) is 8.12. The van der Waals surface area contributed by atoms with E-state index in [0.29, 0.717) is 28.6 Å². The third kappa shape index (κ3) is 3.46. The minimum absolute atomic E-state index is 0.0141. The van der Waals surface area contributed by atoms with Gasteiger partial charge in [0.25, 0.3) is 0 Å². The van der Waals surface area contributed by atoms with Gasteiger partial charge in [-0.25, -0.2) is 0 Å². The van der Waals surface area contributed by atoms with E-state index in [2.05, 4.69) is 15.9 Å². The van der Waals surface area contributed by atoms with Crippen molar-refractivity contribution in [1.29, 1.82) is 5.26 Å². The van der Waals surface area contributed by atoms with Crippen LogP contribution >= 0.6 is 15.9 Å². The zero-order chi connectivity index (χ0) is 12.8. The van der Waals surface area contributed by atoms with Crippen LogP contribution in [-0.2, 0) is 21.3 Å². The van der Waals surface area contributed by atoms with Crippen LogP contribution in [0.4, 0.5) is 0 Å². The summed E-state index contributed by atoms with van der Waals surface area (Å²) in [4.78, 5) is 11.4. The van der Waals surface area contributed by atoms with Gasteiger partial charge in [0, 0.05) is 10.9 Å². The maximum atomic E-state index is 11.4. The van der Waals surface area contributed by atoms with Gasteiger partial charge in [0.15, 0.2) is 0 Å². The minimum atomic E-state index is -0.371. The minimum Gasteiger partial charge on any atom is -0.508 e. The first-order valence-corrected chi connectivity index (χ1v) is 6.21. The Hall–Kier alpha value is -1.54. The second kappa shape index (κ2) is 6.26. The van der Waals surface area contributed by atoms with Crippen LogP contribution in [0, 0.1) is 11.3 Å². The Morgan fingerprint density at radius 2 is 2.29 bits per heavy atom. The van der Waals surface area contributed by atoms with Crippen molar-refractivity contribution in [2.45, 2.75) is 18.7 Å². The lowest BCUT2D eigenvalue weighted by Crippen LogP contribution is -2.09. The summed E-state index contributed by atoms with van der Waals surface area (Å²) in [7, 11) is 0. The van der Waals surface area contributed by atoms with Crippen molar-refractivity contribution in [1.82, 2.24) is 0 Å². The molecule has 0 saturated heterocycles. The summed E-state index contributed by atoms with van der Waals surface area (Å²) in [6, 6.07) is 4.91. The number of alkyl halides is 1. The maximum absolute atomic E-state index is 11.4. The molecule has 0 radical (unpaired) electrons. The van der Waals surface area contributed by atoms with E-state index >= 15 is 0 Å². The summed E-state index contributed by atoms with van der Waals surface area (Å²) in [6.45, 7) is 2.04. The third-order valence-corrected chi connectivity index (χ3v) is 2.78. The van der Waals surface area contributed by atoms with Crippen LogP contribution in [0.3, 0.4) is 0 Å². The van der Waals surface area contributed by atoms with Crippen molar-refractivity contribution in [2.24, 2.45) is 0 Å². The van der Waals surface area contributed by atoms with Gasteiger partial charge in [-0.05, 0) is 24.6 Å². The third-order valence-electron chi connectivity index (χ3n) is 2.22. The fourth-order valence-corrected chi connectivity index (χ4v) is 2.11. The highest BCUT2D eigenvalue weighted by atomic mass is 79.9. The molecule has 4 nitrogen and oxygen atoms in total. The quantitative estimate of drug-likeness (QED) is 0.684. The lowest BCUT2D eigenvalue weighted by atomic mass is 10.0. The average Bonchev–Trinajstić information content (AvgIpc) is 2.28. The molecule has 0 aliphatic carbocycles. The number of ether oxygens (including phenoxy) is 1. The fourth-order valence-electron chi connectivity index (χ4n) is 1.46. The first kappa shape index (κ1) is 13.5. The molecule has 0 heterocycles. The average molecular weight is 298 g/mol. The van der Waals surface area contributed by atoms with Crippen LogP contribution in [0.15, 0.2) is 12.1 Å². The van der Waals surface area contributed by atoms with Gasteiger partial charge in [0.2, 0.25) is 0 Å². The molecule has 0 bridgehead atoms. The van der Waals surface area contributed by atoms with Gasteiger partial charge in [-0.15, -0.1) is 0 Å². The molecule has 5 heteroatoms. The Morgan fingerprint density at radius 1 is 1.59 bits per heavy atom. The molecule has 0 aromatic heterocycles. The Morgan fingerprint density at radius 3 is 2.82 bits per heavy atom. The fraction of sp³-hybridized carbons (Fsp3) is 0.333. The van der Waals surface area contributed by atoms with E-state index in [-0.39, 0.29) is 18.1 Å². The molecule has 0 amide bonds. The predicted molar refractivity (Wildman–Crippen MR) is 65.8 cm³/mol. The monoisotopic (exact) mass is 297 g/mol. The van der Waals surface area contributed by atoms with E-state index in [0.717, 1.165) is 0 Å². The highest BCUT2D eigenvalue weighted by molar-refractivity contribution is 9.08. The van der Waals surface area contributed by atoms with Gasteiger partial charge in [-0.1, -0.05) is 15.9 Å². The molecule has 0 saturated carbocycles. The van der Waals surface area contributed by atoms with Crippen LogP contribution in [0.1, 0.15) is 23.6 Å². The molecule has 17 heavy (non-hydrogen) atoms. The van der Waals surface area contributed by atoms with E-state index in [1.807, 2.05) is 6.07 Å². The summed E-state index contributed by atoms with van der Waals surface area (Å²) in [6.07, 6.45) is 0.0534. The van der Waals surface area contributed by atoms with Crippen molar-refractivity contribution in [2.75, 3.05) is 6.61 Å². The Bertz CT molecular complexity index is 466. The molecule has 1 rings (SSSR count).